The Bertz CT molecular complexity index is 620. The second-order valence-electron chi connectivity index (χ2n) is 4.55. The van der Waals surface area contributed by atoms with Crippen molar-refractivity contribution in [2.75, 3.05) is 5.73 Å². The zero-order valence-corrected chi connectivity index (χ0v) is 13.3. The highest BCUT2D eigenvalue weighted by Crippen LogP contribution is 2.26. The lowest BCUT2D eigenvalue weighted by Crippen LogP contribution is -2.02. The van der Waals surface area contributed by atoms with Crippen LogP contribution in [0.15, 0.2) is 45.8 Å². The molecule has 2 nitrogen and oxygen atoms in total. The topological polar surface area (TPSA) is 43.1 Å². The van der Waals surface area contributed by atoms with Crippen LogP contribution in [0.2, 0.25) is 0 Å². The molecule has 1 unspecified atom stereocenters. The van der Waals surface area contributed by atoms with Crippen LogP contribution in [0.25, 0.3) is 0 Å². The van der Waals surface area contributed by atoms with Gasteiger partial charge in [0.1, 0.15) is 0 Å². The Morgan fingerprint density at radius 2 is 1.79 bits per heavy atom. The van der Waals surface area contributed by atoms with Gasteiger partial charge in [0.05, 0.1) is 21.4 Å². The molecule has 4 heteroatoms. The molecule has 19 heavy (non-hydrogen) atoms. The van der Waals surface area contributed by atoms with Gasteiger partial charge in [0, 0.05) is 10.2 Å². The smallest absolute Gasteiger partial charge is 0.0585 e. The van der Waals surface area contributed by atoms with Crippen molar-refractivity contribution in [3.8, 4) is 0 Å². The maximum absolute atomic E-state index is 12.5. The third-order valence-corrected chi connectivity index (χ3v) is 5.44. The van der Waals surface area contributed by atoms with Crippen molar-refractivity contribution < 1.29 is 4.21 Å². The van der Waals surface area contributed by atoms with Crippen LogP contribution in [-0.4, -0.2) is 4.21 Å². The van der Waals surface area contributed by atoms with Crippen molar-refractivity contribution in [1.82, 2.24) is 0 Å². The standard InChI is InChI=1S/C15H16BrNOS/c1-10-4-3-5-11(2)13(10)9-19(18)15-7-6-12(17)8-14(15)16/h3-8H,9,17H2,1-2H3. The third kappa shape index (κ3) is 3.25. The lowest BCUT2D eigenvalue weighted by Gasteiger charge is -2.10. The first kappa shape index (κ1) is 14.3. The molecule has 0 amide bonds. The Morgan fingerprint density at radius 3 is 2.37 bits per heavy atom. The molecule has 0 aliphatic heterocycles. The molecule has 100 valence electrons. The second-order valence-corrected chi connectivity index (χ2v) is 6.82. The van der Waals surface area contributed by atoms with E-state index in [0.717, 1.165) is 14.9 Å². The monoisotopic (exact) mass is 337 g/mol. The van der Waals surface area contributed by atoms with E-state index in [0.29, 0.717) is 11.4 Å². The van der Waals surface area contributed by atoms with Crippen LogP contribution in [-0.2, 0) is 16.6 Å². The van der Waals surface area contributed by atoms with Gasteiger partial charge in [0.15, 0.2) is 0 Å². The quantitative estimate of drug-likeness (QED) is 0.861. The summed E-state index contributed by atoms with van der Waals surface area (Å²) in [5.74, 6) is 0.529. The van der Waals surface area contributed by atoms with Gasteiger partial charge in [-0.15, -0.1) is 0 Å². The second kappa shape index (κ2) is 5.88. The lowest BCUT2D eigenvalue weighted by molar-refractivity contribution is 0.682. The number of benzene rings is 2. The highest BCUT2D eigenvalue weighted by atomic mass is 79.9. The first-order valence-corrected chi connectivity index (χ1v) is 8.08. The van der Waals surface area contributed by atoms with Crippen LogP contribution in [0.1, 0.15) is 16.7 Å². The lowest BCUT2D eigenvalue weighted by atomic mass is 10.1. The van der Waals surface area contributed by atoms with Gasteiger partial charge >= 0.3 is 0 Å². The van der Waals surface area contributed by atoms with Gasteiger partial charge in [-0.3, -0.25) is 4.21 Å². The van der Waals surface area contributed by atoms with E-state index in [4.69, 9.17) is 5.73 Å². The van der Waals surface area contributed by atoms with Crippen molar-refractivity contribution >= 4 is 32.4 Å². The molecule has 2 rings (SSSR count). The Balaban J connectivity index is 2.31. The van der Waals surface area contributed by atoms with Gasteiger partial charge < -0.3 is 5.73 Å². The van der Waals surface area contributed by atoms with Gasteiger partial charge in [0.2, 0.25) is 0 Å². The zero-order valence-electron chi connectivity index (χ0n) is 10.9. The first-order chi connectivity index (χ1) is 8.99. The molecule has 0 aliphatic rings. The van der Waals surface area contributed by atoms with Crippen molar-refractivity contribution in [1.29, 1.82) is 0 Å². The molecule has 2 N–H and O–H groups in total. The average Bonchev–Trinajstić information content (AvgIpc) is 2.33. The van der Waals surface area contributed by atoms with Crippen LogP contribution in [0.5, 0.6) is 0 Å². The number of nitrogens with two attached hydrogens (primary N) is 1. The molecule has 0 fully saturated rings. The minimum absolute atomic E-state index is 0.529. The number of nitrogen functional groups attached to an aromatic ring is 1. The molecule has 0 saturated carbocycles. The summed E-state index contributed by atoms with van der Waals surface area (Å²) in [6.07, 6.45) is 0. The molecule has 0 saturated heterocycles. The molecular formula is C15H16BrNOS. The van der Waals surface area contributed by atoms with Crippen molar-refractivity contribution in [3.05, 3.63) is 57.6 Å². The van der Waals surface area contributed by atoms with E-state index in [2.05, 4.69) is 41.9 Å². The van der Waals surface area contributed by atoms with Gasteiger partial charge in [-0.2, -0.15) is 0 Å². The molecule has 0 spiro atoms. The van der Waals surface area contributed by atoms with Crippen LogP contribution in [0, 0.1) is 13.8 Å². The minimum Gasteiger partial charge on any atom is -0.399 e. The average molecular weight is 338 g/mol. The minimum atomic E-state index is -1.08. The molecule has 2 aromatic carbocycles. The molecule has 0 bridgehead atoms. The fraction of sp³-hybridized carbons (Fsp3) is 0.200. The van der Waals surface area contributed by atoms with E-state index < -0.39 is 10.8 Å². The van der Waals surface area contributed by atoms with E-state index in [-0.39, 0.29) is 0 Å². The molecule has 0 heterocycles. The largest absolute Gasteiger partial charge is 0.399 e. The number of hydrogen-bond donors (Lipinski definition) is 1. The van der Waals surface area contributed by atoms with E-state index in [1.54, 1.807) is 12.1 Å². The first-order valence-electron chi connectivity index (χ1n) is 5.97. The van der Waals surface area contributed by atoms with Crippen molar-refractivity contribution in [3.63, 3.8) is 0 Å². The van der Waals surface area contributed by atoms with Crippen LogP contribution < -0.4 is 5.73 Å². The Labute approximate surface area is 124 Å². The molecule has 1 atom stereocenters. The Hall–Kier alpha value is -1.13. The number of aryl methyl sites for hydroxylation is 2. The van der Waals surface area contributed by atoms with Gasteiger partial charge in [-0.05, 0) is 64.7 Å². The molecule has 0 aliphatic carbocycles. The van der Waals surface area contributed by atoms with Gasteiger partial charge in [-0.1, -0.05) is 18.2 Å². The Morgan fingerprint density at radius 1 is 1.16 bits per heavy atom. The fourth-order valence-corrected chi connectivity index (χ4v) is 4.29. The summed E-state index contributed by atoms with van der Waals surface area (Å²) in [7, 11) is -1.08. The predicted octanol–water partition coefficient (Wildman–Crippen LogP) is 3.96. The van der Waals surface area contributed by atoms with Crippen LogP contribution in [0.3, 0.4) is 0 Å². The summed E-state index contributed by atoms with van der Waals surface area (Å²) in [4.78, 5) is 0.789. The summed E-state index contributed by atoms with van der Waals surface area (Å²) < 4.78 is 13.3. The number of hydrogen-bond acceptors (Lipinski definition) is 2. The Kier molecular flexibility index (Phi) is 4.42. The van der Waals surface area contributed by atoms with Gasteiger partial charge in [-0.25, -0.2) is 0 Å². The van der Waals surface area contributed by atoms with Crippen LogP contribution >= 0.6 is 15.9 Å². The SMILES string of the molecule is Cc1cccc(C)c1CS(=O)c1ccc(N)cc1Br. The molecular weight excluding hydrogens is 322 g/mol. The fourth-order valence-electron chi connectivity index (χ4n) is 1.99. The summed E-state index contributed by atoms with van der Waals surface area (Å²) in [6, 6.07) is 11.5. The molecule has 0 aromatic heterocycles. The number of halogens is 1. The normalized spacial score (nSPS) is 12.4. The third-order valence-electron chi connectivity index (χ3n) is 3.12. The molecule has 0 radical (unpaired) electrons. The summed E-state index contributed by atoms with van der Waals surface area (Å²) in [5, 5.41) is 0. The van der Waals surface area contributed by atoms with Crippen molar-refractivity contribution in [2.24, 2.45) is 0 Å². The summed E-state index contributed by atoms with van der Waals surface area (Å²) >= 11 is 3.43. The highest BCUT2D eigenvalue weighted by molar-refractivity contribution is 9.10. The van der Waals surface area contributed by atoms with E-state index in [1.807, 2.05) is 12.1 Å². The van der Waals surface area contributed by atoms with Gasteiger partial charge in [0.25, 0.3) is 0 Å². The maximum Gasteiger partial charge on any atom is 0.0585 e. The number of rotatable bonds is 3. The number of anilines is 1. The van der Waals surface area contributed by atoms with Crippen LogP contribution in [0.4, 0.5) is 5.69 Å². The zero-order chi connectivity index (χ0) is 14.0. The van der Waals surface area contributed by atoms with Crippen molar-refractivity contribution in [2.45, 2.75) is 24.5 Å². The summed E-state index contributed by atoms with van der Waals surface area (Å²) in [5.41, 5.74) is 9.88. The highest BCUT2D eigenvalue weighted by Gasteiger charge is 2.12. The molecule has 2 aromatic rings. The summed E-state index contributed by atoms with van der Waals surface area (Å²) in [6.45, 7) is 4.11. The maximum atomic E-state index is 12.5. The van der Waals surface area contributed by atoms with E-state index >= 15 is 0 Å². The van der Waals surface area contributed by atoms with E-state index in [1.165, 1.54) is 11.1 Å². The predicted molar refractivity (Wildman–Crippen MR) is 84.6 cm³/mol. The van der Waals surface area contributed by atoms with E-state index in [9.17, 15) is 4.21 Å².